The number of hydrogen-bond donors (Lipinski definition) is 1. The summed E-state index contributed by atoms with van der Waals surface area (Å²) in [7, 11) is 0. The molecule has 0 aromatic heterocycles. The third-order valence-electron chi connectivity index (χ3n) is 1.97. The average Bonchev–Trinajstić information content (AvgIpc) is 1.98. The van der Waals surface area contributed by atoms with Gasteiger partial charge in [-0.1, -0.05) is 54.4 Å². The van der Waals surface area contributed by atoms with Gasteiger partial charge in [0.2, 0.25) is 5.91 Å². The van der Waals surface area contributed by atoms with Crippen LogP contribution in [0.25, 0.3) is 0 Å². The van der Waals surface area contributed by atoms with Gasteiger partial charge >= 0.3 is 0 Å². The van der Waals surface area contributed by atoms with Gasteiger partial charge < -0.3 is 5.73 Å². The Kier molecular flexibility index (Phi) is 8.91. The number of carbonyl (C=O) groups excluding carboxylic acids is 1. The molecule has 1 unspecified atom stereocenters. The number of primary amides is 1. The number of hydrogen-bond acceptors (Lipinski definition) is 1. The second-order valence-electron chi connectivity index (χ2n) is 4.82. The summed E-state index contributed by atoms with van der Waals surface area (Å²) in [6.07, 6.45) is 3.17. The maximum atomic E-state index is 11.0. The SMILES string of the molecule is CCC.CCCC(C(N)=O)C(C)(C)C. The molecule has 0 heterocycles. The van der Waals surface area contributed by atoms with Crippen molar-refractivity contribution in [3.05, 3.63) is 0 Å². The predicted molar refractivity (Wildman–Crippen MR) is 63.0 cm³/mol. The standard InChI is InChI=1S/C9H19NO.C3H8/c1-5-6-7(8(10)11)9(2,3)4;1-3-2/h7H,5-6H2,1-4H3,(H2,10,11);3H2,1-2H3. The molecule has 0 radical (unpaired) electrons. The van der Waals surface area contributed by atoms with Crippen LogP contribution in [0.4, 0.5) is 0 Å². The van der Waals surface area contributed by atoms with Gasteiger partial charge in [0.25, 0.3) is 0 Å². The average molecular weight is 201 g/mol. The summed E-state index contributed by atoms with van der Waals surface area (Å²) in [6, 6.07) is 0. The van der Waals surface area contributed by atoms with Crippen LogP contribution in [0.5, 0.6) is 0 Å². The van der Waals surface area contributed by atoms with E-state index in [9.17, 15) is 4.79 Å². The monoisotopic (exact) mass is 201 g/mol. The molecule has 0 rings (SSSR count). The smallest absolute Gasteiger partial charge is 0.221 e. The summed E-state index contributed by atoms with van der Waals surface area (Å²) >= 11 is 0. The molecule has 1 atom stereocenters. The van der Waals surface area contributed by atoms with Gasteiger partial charge in [-0.25, -0.2) is 0 Å². The van der Waals surface area contributed by atoms with E-state index in [-0.39, 0.29) is 17.2 Å². The molecule has 1 amide bonds. The lowest BCUT2D eigenvalue weighted by Crippen LogP contribution is -2.33. The van der Waals surface area contributed by atoms with E-state index < -0.39 is 0 Å². The van der Waals surface area contributed by atoms with Gasteiger partial charge in [-0.3, -0.25) is 4.79 Å². The van der Waals surface area contributed by atoms with E-state index in [2.05, 4.69) is 41.5 Å². The molecule has 0 aliphatic rings. The molecule has 2 N–H and O–H groups in total. The van der Waals surface area contributed by atoms with Crippen LogP contribution in [0.3, 0.4) is 0 Å². The Bertz CT molecular complexity index is 147. The van der Waals surface area contributed by atoms with Crippen LogP contribution in [-0.4, -0.2) is 5.91 Å². The minimum atomic E-state index is -0.167. The quantitative estimate of drug-likeness (QED) is 0.747. The highest BCUT2D eigenvalue weighted by Crippen LogP contribution is 2.29. The van der Waals surface area contributed by atoms with Gasteiger partial charge in [0, 0.05) is 5.92 Å². The van der Waals surface area contributed by atoms with Crippen LogP contribution in [0.15, 0.2) is 0 Å². The molecule has 0 aliphatic heterocycles. The maximum absolute atomic E-state index is 11.0. The Morgan fingerprint density at radius 1 is 1.21 bits per heavy atom. The van der Waals surface area contributed by atoms with E-state index in [0.29, 0.717) is 0 Å². The molecule has 2 nitrogen and oxygen atoms in total. The van der Waals surface area contributed by atoms with Gasteiger partial charge in [0.05, 0.1) is 0 Å². The van der Waals surface area contributed by atoms with Crippen molar-refractivity contribution in [2.45, 2.75) is 60.8 Å². The number of amides is 1. The van der Waals surface area contributed by atoms with E-state index in [0.717, 1.165) is 12.8 Å². The van der Waals surface area contributed by atoms with E-state index >= 15 is 0 Å². The molecule has 0 saturated carbocycles. The van der Waals surface area contributed by atoms with E-state index in [1.54, 1.807) is 0 Å². The molecule has 0 aromatic carbocycles. The summed E-state index contributed by atoms with van der Waals surface area (Å²) in [4.78, 5) is 11.0. The number of rotatable bonds is 3. The predicted octanol–water partition coefficient (Wildman–Crippen LogP) is 3.35. The molecule has 2 heteroatoms. The largest absolute Gasteiger partial charge is 0.369 e. The first-order valence-corrected chi connectivity index (χ1v) is 5.60. The third kappa shape index (κ3) is 8.09. The van der Waals surface area contributed by atoms with Crippen molar-refractivity contribution >= 4 is 5.91 Å². The second kappa shape index (κ2) is 7.84. The highest BCUT2D eigenvalue weighted by molar-refractivity contribution is 5.77. The van der Waals surface area contributed by atoms with Crippen LogP contribution < -0.4 is 5.73 Å². The Morgan fingerprint density at radius 3 is 1.64 bits per heavy atom. The minimum Gasteiger partial charge on any atom is -0.369 e. The maximum Gasteiger partial charge on any atom is 0.221 e. The van der Waals surface area contributed by atoms with E-state index in [4.69, 9.17) is 5.73 Å². The fourth-order valence-corrected chi connectivity index (χ4v) is 1.29. The van der Waals surface area contributed by atoms with Gasteiger partial charge in [-0.2, -0.15) is 0 Å². The lowest BCUT2D eigenvalue weighted by Gasteiger charge is -2.27. The van der Waals surface area contributed by atoms with Crippen LogP contribution in [0, 0.1) is 11.3 Å². The molecule has 0 fully saturated rings. The molecule has 14 heavy (non-hydrogen) atoms. The first-order chi connectivity index (χ1) is 6.31. The van der Waals surface area contributed by atoms with Crippen LogP contribution in [-0.2, 0) is 4.79 Å². The van der Waals surface area contributed by atoms with Crippen LogP contribution in [0.2, 0.25) is 0 Å². The molecular weight excluding hydrogens is 174 g/mol. The molecular formula is C12H27NO. The normalized spacial score (nSPS) is 12.7. The van der Waals surface area contributed by atoms with Gasteiger partial charge in [-0.15, -0.1) is 0 Å². The first-order valence-electron chi connectivity index (χ1n) is 5.60. The fraction of sp³-hybridized carbons (Fsp3) is 0.917. The lowest BCUT2D eigenvalue weighted by atomic mass is 9.78. The first kappa shape index (κ1) is 15.9. The molecule has 0 saturated heterocycles. The Hall–Kier alpha value is -0.530. The van der Waals surface area contributed by atoms with Crippen molar-refractivity contribution < 1.29 is 4.79 Å². The third-order valence-corrected chi connectivity index (χ3v) is 1.97. The molecule has 0 spiro atoms. The zero-order valence-electron chi connectivity index (χ0n) is 10.7. The number of nitrogens with two attached hydrogens (primary N) is 1. The highest BCUT2D eigenvalue weighted by atomic mass is 16.1. The van der Waals surface area contributed by atoms with Gasteiger partial charge in [0.15, 0.2) is 0 Å². The van der Waals surface area contributed by atoms with Gasteiger partial charge in [-0.05, 0) is 11.8 Å². The molecule has 0 bridgehead atoms. The molecule has 0 aromatic rings. The van der Waals surface area contributed by atoms with Crippen molar-refractivity contribution in [2.24, 2.45) is 17.1 Å². The Balaban J connectivity index is 0. The van der Waals surface area contributed by atoms with E-state index in [1.165, 1.54) is 6.42 Å². The summed E-state index contributed by atoms with van der Waals surface area (Å²) in [5, 5.41) is 0. The Morgan fingerprint density at radius 2 is 1.57 bits per heavy atom. The zero-order chi connectivity index (χ0) is 11.8. The summed E-state index contributed by atoms with van der Waals surface area (Å²) < 4.78 is 0. The highest BCUT2D eigenvalue weighted by Gasteiger charge is 2.28. The minimum absolute atomic E-state index is 0.0157. The van der Waals surface area contributed by atoms with Crippen molar-refractivity contribution in [1.29, 1.82) is 0 Å². The number of carbonyl (C=O) groups is 1. The molecule has 86 valence electrons. The lowest BCUT2D eigenvalue weighted by molar-refractivity contribution is -0.125. The van der Waals surface area contributed by atoms with Crippen LogP contribution in [0.1, 0.15) is 60.8 Å². The summed E-state index contributed by atoms with van der Waals surface area (Å²) in [5.74, 6) is -0.146. The molecule has 0 aliphatic carbocycles. The summed E-state index contributed by atoms with van der Waals surface area (Å²) in [6.45, 7) is 12.5. The second-order valence-corrected chi connectivity index (χ2v) is 4.82. The summed E-state index contributed by atoms with van der Waals surface area (Å²) in [5.41, 5.74) is 5.29. The van der Waals surface area contributed by atoms with Crippen molar-refractivity contribution in [2.75, 3.05) is 0 Å². The topological polar surface area (TPSA) is 43.1 Å². The zero-order valence-corrected chi connectivity index (χ0v) is 10.7. The van der Waals surface area contributed by atoms with Crippen molar-refractivity contribution in [3.63, 3.8) is 0 Å². The van der Waals surface area contributed by atoms with Crippen molar-refractivity contribution in [1.82, 2.24) is 0 Å². The van der Waals surface area contributed by atoms with E-state index in [1.807, 2.05) is 0 Å². The van der Waals surface area contributed by atoms with Crippen molar-refractivity contribution in [3.8, 4) is 0 Å². The van der Waals surface area contributed by atoms with Gasteiger partial charge in [0.1, 0.15) is 0 Å². The fourth-order valence-electron chi connectivity index (χ4n) is 1.29. The Labute approximate surface area is 89.3 Å². The van der Waals surface area contributed by atoms with Crippen LogP contribution >= 0.6 is 0 Å².